The van der Waals surface area contributed by atoms with Crippen LogP contribution in [0.4, 0.5) is 8.78 Å². The lowest BCUT2D eigenvalue weighted by atomic mass is 10.1. The Morgan fingerprint density at radius 1 is 1.38 bits per heavy atom. The number of carboxylic acid groups (broad SMARTS) is 1. The third kappa shape index (κ3) is 2.53. The Bertz CT molecular complexity index is 1120. The quantitative estimate of drug-likeness (QED) is 0.726. The van der Waals surface area contributed by atoms with Crippen molar-refractivity contribution < 1.29 is 23.4 Å². The number of aromatic amines is 1. The Balaban J connectivity index is 0.00000196. The average molecular weight is 382 g/mol. The molecular weight excluding hydrogens is 372 g/mol. The van der Waals surface area contributed by atoms with E-state index >= 15 is 0 Å². The van der Waals surface area contributed by atoms with Gasteiger partial charge < -0.3 is 19.4 Å². The number of H-pyrrole nitrogens is 1. The molecule has 0 atom stereocenters. The number of hydrogen-bond acceptors (Lipinski definition) is 4. The Kier molecular flexibility index (Phi) is 4.25. The van der Waals surface area contributed by atoms with Crippen LogP contribution in [0.3, 0.4) is 0 Å². The topological polar surface area (TPSA) is 97.2 Å². The number of nitrogens with zero attached hydrogens (tertiary/aromatic N) is 2. The molecule has 10 heteroatoms. The van der Waals surface area contributed by atoms with Crippen LogP contribution < -0.4 is 10.2 Å². The van der Waals surface area contributed by atoms with Crippen molar-refractivity contribution >= 4 is 35.0 Å². The minimum Gasteiger partial charge on any atom is -0.477 e. The van der Waals surface area contributed by atoms with Crippen LogP contribution in [0.2, 0.25) is 0 Å². The fourth-order valence-electron chi connectivity index (χ4n) is 2.77. The first-order chi connectivity index (χ1) is 12.0. The first-order valence-electron chi connectivity index (χ1n) is 7.12. The molecule has 0 saturated carbocycles. The van der Waals surface area contributed by atoms with Crippen molar-refractivity contribution in [2.75, 3.05) is 0 Å². The molecule has 1 aliphatic rings. The van der Waals surface area contributed by atoms with Crippen molar-refractivity contribution in [2.24, 2.45) is 0 Å². The van der Waals surface area contributed by atoms with Gasteiger partial charge in [0.25, 0.3) is 0 Å². The molecular formula is C16H10ClF2N3O4. The summed E-state index contributed by atoms with van der Waals surface area (Å²) in [6, 6.07) is 0.679. The van der Waals surface area contributed by atoms with Gasteiger partial charge in [-0.15, -0.1) is 12.4 Å². The number of halogens is 3. The van der Waals surface area contributed by atoms with Gasteiger partial charge in [0, 0.05) is 25.0 Å². The van der Waals surface area contributed by atoms with Gasteiger partial charge in [-0.2, -0.15) is 4.39 Å². The molecule has 1 aliphatic heterocycles. The van der Waals surface area contributed by atoms with E-state index in [1.807, 2.05) is 0 Å². The lowest BCUT2D eigenvalue weighted by Crippen LogP contribution is -2.22. The molecule has 0 unspecified atom stereocenters. The van der Waals surface area contributed by atoms with Crippen LogP contribution in [0, 0.1) is 11.6 Å². The Labute approximate surface area is 150 Å². The van der Waals surface area contributed by atoms with Gasteiger partial charge in [-0.3, -0.25) is 4.79 Å². The highest BCUT2D eigenvalue weighted by Gasteiger charge is 2.26. The molecule has 134 valence electrons. The predicted octanol–water partition coefficient (Wildman–Crippen LogP) is 2.56. The smallest absolute Gasteiger partial charge is 0.341 e. The predicted molar refractivity (Wildman–Crippen MR) is 89.5 cm³/mol. The standard InChI is InChI=1S/C16H9F2N3O4.ClH/c17-10-4-8-13-15(12(10)18)25-6-7(3-11-19-1-2-20-11)21(13)5-9(14(8)22)16(23)24;/h1-2,4-6H,3H2,(H,19,20)(H,23,24);1H. The maximum atomic E-state index is 14.1. The lowest BCUT2D eigenvalue weighted by Gasteiger charge is -2.22. The number of nitrogens with one attached hydrogen (secondary N) is 1. The molecule has 0 fully saturated rings. The molecule has 3 heterocycles. The SMILES string of the molecule is Cl.O=C(O)c1cn2c3c(c(F)c(F)cc3c1=O)OC=C2Cc1ncc[nH]1. The molecule has 0 amide bonds. The highest BCUT2D eigenvalue weighted by Crippen LogP contribution is 2.35. The molecule has 7 nitrogen and oxygen atoms in total. The third-order valence-corrected chi connectivity index (χ3v) is 3.89. The molecule has 0 bridgehead atoms. The number of carbonyl (C=O) groups is 1. The van der Waals surface area contributed by atoms with E-state index in [1.165, 1.54) is 17.0 Å². The number of benzene rings is 1. The van der Waals surface area contributed by atoms with Crippen molar-refractivity contribution in [3.8, 4) is 5.75 Å². The van der Waals surface area contributed by atoms with E-state index in [9.17, 15) is 23.5 Å². The lowest BCUT2D eigenvalue weighted by molar-refractivity contribution is 0.0695. The summed E-state index contributed by atoms with van der Waals surface area (Å²) in [5.41, 5.74) is -1.10. The second-order valence-electron chi connectivity index (χ2n) is 5.38. The summed E-state index contributed by atoms with van der Waals surface area (Å²) in [7, 11) is 0. The summed E-state index contributed by atoms with van der Waals surface area (Å²) in [6.07, 6.45) is 5.58. The summed E-state index contributed by atoms with van der Waals surface area (Å²) in [5, 5.41) is 8.97. The van der Waals surface area contributed by atoms with Gasteiger partial charge in [0.05, 0.1) is 11.1 Å². The van der Waals surface area contributed by atoms with E-state index in [4.69, 9.17) is 4.74 Å². The van der Waals surface area contributed by atoms with Gasteiger partial charge in [-0.1, -0.05) is 0 Å². The fourth-order valence-corrected chi connectivity index (χ4v) is 2.77. The maximum Gasteiger partial charge on any atom is 0.341 e. The van der Waals surface area contributed by atoms with E-state index in [1.54, 1.807) is 6.20 Å². The minimum atomic E-state index is -1.47. The molecule has 2 aromatic heterocycles. The van der Waals surface area contributed by atoms with E-state index in [0.717, 1.165) is 6.20 Å². The van der Waals surface area contributed by atoms with Crippen molar-refractivity contribution in [3.05, 3.63) is 64.2 Å². The number of hydrogen-bond donors (Lipinski definition) is 2. The van der Waals surface area contributed by atoms with E-state index in [-0.39, 0.29) is 29.7 Å². The van der Waals surface area contributed by atoms with Gasteiger partial charge in [0.2, 0.25) is 11.2 Å². The first-order valence-corrected chi connectivity index (χ1v) is 7.12. The highest BCUT2D eigenvalue weighted by atomic mass is 35.5. The van der Waals surface area contributed by atoms with Crippen LogP contribution in [0.1, 0.15) is 16.2 Å². The molecule has 0 aliphatic carbocycles. The third-order valence-electron chi connectivity index (χ3n) is 3.89. The summed E-state index contributed by atoms with van der Waals surface area (Å²) < 4.78 is 34.4. The van der Waals surface area contributed by atoms with Gasteiger partial charge in [0.15, 0.2) is 11.6 Å². The van der Waals surface area contributed by atoms with Crippen LogP contribution in [0.15, 0.2) is 35.7 Å². The maximum absolute atomic E-state index is 14.1. The van der Waals surface area contributed by atoms with E-state index in [0.29, 0.717) is 17.6 Å². The number of pyridine rings is 1. The van der Waals surface area contributed by atoms with Gasteiger partial charge in [-0.05, 0) is 6.07 Å². The van der Waals surface area contributed by atoms with E-state index in [2.05, 4.69) is 9.97 Å². The van der Waals surface area contributed by atoms with E-state index < -0.39 is 34.3 Å². The Morgan fingerprint density at radius 3 is 2.81 bits per heavy atom. The molecule has 2 N–H and O–H groups in total. The fraction of sp³-hybridized carbons (Fsp3) is 0.0625. The van der Waals surface area contributed by atoms with Crippen LogP contribution in [0.5, 0.6) is 5.75 Å². The zero-order valence-corrected chi connectivity index (χ0v) is 13.6. The normalized spacial score (nSPS) is 12.3. The summed E-state index contributed by atoms with van der Waals surface area (Å²) in [4.78, 5) is 30.6. The van der Waals surface area contributed by atoms with Crippen molar-refractivity contribution in [1.29, 1.82) is 0 Å². The zero-order chi connectivity index (χ0) is 17.7. The van der Waals surface area contributed by atoms with Crippen molar-refractivity contribution in [1.82, 2.24) is 14.5 Å². The molecule has 26 heavy (non-hydrogen) atoms. The van der Waals surface area contributed by atoms with Crippen LogP contribution in [-0.2, 0) is 6.42 Å². The van der Waals surface area contributed by atoms with Crippen LogP contribution >= 0.6 is 12.4 Å². The molecule has 0 saturated heterocycles. The zero-order valence-electron chi connectivity index (χ0n) is 12.8. The number of rotatable bonds is 3. The largest absolute Gasteiger partial charge is 0.477 e. The van der Waals surface area contributed by atoms with Crippen molar-refractivity contribution in [2.45, 2.75) is 6.42 Å². The molecule has 3 aromatic rings. The Hall–Kier alpha value is -3.20. The van der Waals surface area contributed by atoms with Crippen LogP contribution in [-0.4, -0.2) is 25.6 Å². The number of aromatic carboxylic acids is 1. The summed E-state index contributed by atoms with van der Waals surface area (Å²) in [6.45, 7) is 0. The minimum absolute atomic E-state index is 0. The summed E-state index contributed by atoms with van der Waals surface area (Å²) >= 11 is 0. The number of ether oxygens (including phenoxy) is 1. The first kappa shape index (κ1) is 17.6. The summed E-state index contributed by atoms with van der Waals surface area (Å²) in [5.74, 6) is -3.93. The molecule has 4 rings (SSSR count). The average Bonchev–Trinajstić information content (AvgIpc) is 3.08. The second-order valence-corrected chi connectivity index (χ2v) is 5.38. The number of allylic oxidation sites excluding steroid dienone is 1. The second kappa shape index (κ2) is 6.26. The van der Waals surface area contributed by atoms with Crippen molar-refractivity contribution in [3.63, 3.8) is 0 Å². The Morgan fingerprint density at radius 2 is 2.15 bits per heavy atom. The monoisotopic (exact) mass is 381 g/mol. The van der Waals surface area contributed by atoms with Crippen LogP contribution in [0.25, 0.3) is 16.6 Å². The van der Waals surface area contributed by atoms with Gasteiger partial charge in [-0.25, -0.2) is 14.2 Å². The van der Waals surface area contributed by atoms with Gasteiger partial charge >= 0.3 is 5.97 Å². The molecule has 0 radical (unpaired) electrons. The highest BCUT2D eigenvalue weighted by molar-refractivity contribution is 5.96. The molecule has 1 aromatic carbocycles. The number of imidazole rings is 1. The molecule has 0 spiro atoms. The van der Waals surface area contributed by atoms with Gasteiger partial charge in [0.1, 0.15) is 23.2 Å². The number of carboxylic acids is 1. The number of aromatic nitrogens is 3.